The second-order valence-electron chi connectivity index (χ2n) is 5.14. The predicted octanol–water partition coefficient (Wildman–Crippen LogP) is 1.86. The fourth-order valence-electron chi connectivity index (χ4n) is 2.67. The van der Waals surface area contributed by atoms with E-state index >= 15 is 0 Å². The normalized spacial score (nSPS) is 18.5. The van der Waals surface area contributed by atoms with Crippen LogP contribution in [0, 0.1) is 0 Å². The van der Waals surface area contributed by atoms with Crippen molar-refractivity contribution >= 4 is 11.6 Å². The highest BCUT2D eigenvalue weighted by Gasteiger charge is 2.26. The van der Waals surface area contributed by atoms with Gasteiger partial charge >= 0.3 is 0 Å². The zero-order chi connectivity index (χ0) is 14.1. The molecule has 20 heavy (non-hydrogen) atoms. The van der Waals surface area contributed by atoms with E-state index in [9.17, 15) is 4.79 Å². The number of amides is 1. The van der Waals surface area contributed by atoms with Gasteiger partial charge < -0.3 is 10.6 Å². The summed E-state index contributed by atoms with van der Waals surface area (Å²) in [6.45, 7) is 0.681. The molecule has 0 radical (unpaired) electrons. The highest BCUT2D eigenvalue weighted by Crippen LogP contribution is 2.31. The molecule has 1 amide bonds. The summed E-state index contributed by atoms with van der Waals surface area (Å²) >= 11 is 0. The fourth-order valence-corrected chi connectivity index (χ4v) is 2.67. The molecule has 0 fully saturated rings. The quantitative estimate of drug-likeness (QED) is 0.860. The van der Waals surface area contributed by atoms with Crippen molar-refractivity contribution < 1.29 is 4.79 Å². The van der Waals surface area contributed by atoms with Gasteiger partial charge in [0.05, 0.1) is 0 Å². The number of anilines is 1. The number of fused-ring (bicyclic) bond motifs is 1. The van der Waals surface area contributed by atoms with Gasteiger partial charge in [0.2, 0.25) is 0 Å². The molecule has 1 aliphatic heterocycles. The molecule has 1 atom stereocenters. The number of rotatable bonds is 1. The molecule has 2 N–H and O–H groups in total. The minimum atomic E-state index is -0.0628. The Labute approximate surface area is 118 Å². The molecule has 1 aliphatic rings. The van der Waals surface area contributed by atoms with E-state index in [1.807, 2.05) is 31.3 Å². The van der Waals surface area contributed by atoms with Crippen LogP contribution in [0.3, 0.4) is 0 Å². The molecule has 5 heteroatoms. The summed E-state index contributed by atoms with van der Waals surface area (Å²) in [6.07, 6.45) is 3.57. The maximum Gasteiger partial charge on any atom is 0.278 e. The highest BCUT2D eigenvalue weighted by molar-refractivity contribution is 6.05. The second kappa shape index (κ2) is 5.09. The summed E-state index contributed by atoms with van der Waals surface area (Å²) in [5, 5.41) is 4.20. The molecule has 1 aromatic carbocycles. The minimum Gasteiger partial charge on any atom is -0.324 e. The molecule has 1 aromatic heterocycles. The van der Waals surface area contributed by atoms with E-state index in [1.54, 1.807) is 21.8 Å². The topological polar surface area (TPSA) is 64.2 Å². The average molecular weight is 270 g/mol. The van der Waals surface area contributed by atoms with Crippen molar-refractivity contribution in [3.63, 3.8) is 0 Å². The Morgan fingerprint density at radius 1 is 1.35 bits per heavy atom. The Morgan fingerprint density at radius 3 is 2.90 bits per heavy atom. The number of nitrogens with two attached hydrogens (primary N) is 1. The van der Waals surface area contributed by atoms with Crippen LogP contribution in [0.4, 0.5) is 5.69 Å². The second-order valence-corrected chi connectivity index (χ2v) is 5.14. The highest BCUT2D eigenvalue weighted by atomic mass is 16.2. The Hall–Kier alpha value is -2.14. The van der Waals surface area contributed by atoms with Crippen LogP contribution in [0.5, 0.6) is 0 Å². The largest absolute Gasteiger partial charge is 0.324 e. The number of nitrogens with zero attached hydrogens (tertiary/aromatic N) is 3. The summed E-state index contributed by atoms with van der Waals surface area (Å²) in [5.41, 5.74) is 8.61. The lowest BCUT2D eigenvalue weighted by molar-refractivity contribution is 0.0981. The summed E-state index contributed by atoms with van der Waals surface area (Å²) in [5.74, 6) is -0.0628. The number of carbonyl (C=O) groups is 1. The van der Waals surface area contributed by atoms with Crippen LogP contribution in [0.15, 0.2) is 36.5 Å². The molecule has 2 heterocycles. The Kier molecular flexibility index (Phi) is 3.28. The van der Waals surface area contributed by atoms with Crippen LogP contribution >= 0.6 is 0 Å². The molecule has 2 aromatic rings. The van der Waals surface area contributed by atoms with Crippen molar-refractivity contribution in [3.05, 3.63) is 47.8 Å². The van der Waals surface area contributed by atoms with Crippen LogP contribution in [0.25, 0.3) is 0 Å². The number of para-hydroxylation sites is 1. The SMILES string of the molecule is Cn1ccc(C(=O)N2CCCC(N)c3ccccc32)n1. The zero-order valence-electron chi connectivity index (χ0n) is 11.5. The molecule has 0 saturated heterocycles. The zero-order valence-corrected chi connectivity index (χ0v) is 11.5. The molecule has 0 aliphatic carbocycles. The lowest BCUT2D eigenvalue weighted by Gasteiger charge is -2.22. The van der Waals surface area contributed by atoms with E-state index in [-0.39, 0.29) is 11.9 Å². The summed E-state index contributed by atoms with van der Waals surface area (Å²) in [6, 6.07) is 9.61. The average Bonchev–Trinajstić information content (AvgIpc) is 2.82. The Morgan fingerprint density at radius 2 is 2.15 bits per heavy atom. The molecule has 1 unspecified atom stereocenters. The van der Waals surface area contributed by atoms with Gasteiger partial charge in [-0.15, -0.1) is 0 Å². The van der Waals surface area contributed by atoms with Gasteiger partial charge in [-0.2, -0.15) is 5.10 Å². The number of aryl methyl sites for hydroxylation is 1. The first-order valence-electron chi connectivity index (χ1n) is 6.83. The van der Waals surface area contributed by atoms with Gasteiger partial charge in [-0.25, -0.2) is 0 Å². The Balaban J connectivity index is 2.01. The Bertz CT molecular complexity index is 634. The van der Waals surface area contributed by atoms with E-state index in [0.29, 0.717) is 12.2 Å². The van der Waals surface area contributed by atoms with Gasteiger partial charge in [0.25, 0.3) is 5.91 Å². The summed E-state index contributed by atoms with van der Waals surface area (Å²) in [7, 11) is 1.81. The number of aromatic nitrogens is 2. The third kappa shape index (κ3) is 2.20. The van der Waals surface area contributed by atoms with Gasteiger partial charge in [-0.1, -0.05) is 18.2 Å². The van der Waals surface area contributed by atoms with E-state index in [4.69, 9.17) is 5.73 Å². The van der Waals surface area contributed by atoms with E-state index in [1.165, 1.54) is 0 Å². The van der Waals surface area contributed by atoms with Gasteiger partial charge in [0.15, 0.2) is 5.69 Å². The maximum atomic E-state index is 12.6. The number of hydrogen-bond acceptors (Lipinski definition) is 3. The van der Waals surface area contributed by atoms with Gasteiger partial charge in [0.1, 0.15) is 0 Å². The van der Waals surface area contributed by atoms with E-state index < -0.39 is 0 Å². The monoisotopic (exact) mass is 270 g/mol. The van der Waals surface area contributed by atoms with Crippen LogP contribution in [-0.4, -0.2) is 22.2 Å². The smallest absolute Gasteiger partial charge is 0.278 e. The third-order valence-corrected chi connectivity index (χ3v) is 3.70. The first kappa shape index (κ1) is 12.9. The first-order valence-corrected chi connectivity index (χ1v) is 6.83. The molecular weight excluding hydrogens is 252 g/mol. The van der Waals surface area contributed by atoms with E-state index in [0.717, 1.165) is 24.1 Å². The van der Waals surface area contributed by atoms with Crippen molar-refractivity contribution in [2.75, 3.05) is 11.4 Å². The predicted molar refractivity (Wildman–Crippen MR) is 77.5 cm³/mol. The molecule has 5 nitrogen and oxygen atoms in total. The summed E-state index contributed by atoms with van der Waals surface area (Å²) in [4.78, 5) is 14.4. The summed E-state index contributed by atoms with van der Waals surface area (Å²) < 4.78 is 1.64. The molecular formula is C15H18N4O. The van der Waals surface area contributed by atoms with Crippen molar-refractivity contribution in [2.45, 2.75) is 18.9 Å². The van der Waals surface area contributed by atoms with Crippen LogP contribution in [0.2, 0.25) is 0 Å². The third-order valence-electron chi connectivity index (χ3n) is 3.70. The molecule has 0 saturated carbocycles. The minimum absolute atomic E-state index is 0.00673. The number of hydrogen-bond donors (Lipinski definition) is 1. The lowest BCUT2D eigenvalue weighted by atomic mass is 10.0. The van der Waals surface area contributed by atoms with Gasteiger partial charge in [0, 0.05) is 31.5 Å². The standard InChI is InChI=1S/C15H18N4O/c1-18-10-8-13(17-18)15(20)19-9-4-6-12(16)11-5-2-3-7-14(11)19/h2-3,5,7-8,10,12H,4,6,9,16H2,1H3. The van der Waals surface area contributed by atoms with Crippen molar-refractivity contribution in [3.8, 4) is 0 Å². The lowest BCUT2D eigenvalue weighted by Crippen LogP contribution is -2.32. The van der Waals surface area contributed by atoms with Crippen molar-refractivity contribution in [2.24, 2.45) is 12.8 Å². The maximum absolute atomic E-state index is 12.6. The van der Waals surface area contributed by atoms with Gasteiger partial charge in [-0.3, -0.25) is 9.48 Å². The van der Waals surface area contributed by atoms with Gasteiger partial charge in [-0.05, 0) is 30.5 Å². The van der Waals surface area contributed by atoms with Crippen LogP contribution in [-0.2, 0) is 7.05 Å². The number of carbonyl (C=O) groups excluding carboxylic acids is 1. The van der Waals surface area contributed by atoms with E-state index in [2.05, 4.69) is 5.10 Å². The van der Waals surface area contributed by atoms with Crippen molar-refractivity contribution in [1.82, 2.24) is 9.78 Å². The molecule has 0 bridgehead atoms. The van der Waals surface area contributed by atoms with Crippen LogP contribution in [0.1, 0.15) is 34.9 Å². The molecule has 3 rings (SSSR count). The number of benzene rings is 1. The molecule has 0 spiro atoms. The first-order chi connectivity index (χ1) is 9.66. The fraction of sp³-hybridized carbons (Fsp3) is 0.333. The van der Waals surface area contributed by atoms with Crippen molar-refractivity contribution in [1.29, 1.82) is 0 Å². The van der Waals surface area contributed by atoms with Crippen LogP contribution < -0.4 is 10.6 Å². The molecule has 104 valence electrons.